The molecule has 1 atom stereocenters. The molecule has 0 aromatic heterocycles. The van der Waals surface area contributed by atoms with Gasteiger partial charge in [-0.15, -0.1) is 0 Å². The first-order valence-electron chi connectivity index (χ1n) is 2.64. The van der Waals surface area contributed by atoms with Crippen molar-refractivity contribution in [2.75, 3.05) is 0 Å². The lowest BCUT2D eigenvalue weighted by Crippen LogP contribution is -1.67. The zero-order valence-corrected chi connectivity index (χ0v) is 4.49. The van der Waals surface area contributed by atoms with Crippen molar-refractivity contribution in [2.45, 2.75) is 13.3 Å². The molecule has 1 fully saturated rings. The maximum absolute atomic E-state index is 3.88. The van der Waals surface area contributed by atoms with E-state index in [1.807, 2.05) is 0 Å². The van der Waals surface area contributed by atoms with Crippen molar-refractivity contribution in [2.24, 2.45) is 5.41 Å². The second-order valence-corrected chi connectivity index (χ2v) is 2.58. The molecular weight excluding hydrogens is 84.1 g/mol. The molecule has 2 aliphatic rings. The maximum Gasteiger partial charge on any atom is 0.0336 e. The summed E-state index contributed by atoms with van der Waals surface area (Å²) < 4.78 is 0. The summed E-state index contributed by atoms with van der Waals surface area (Å²) in [5.41, 5.74) is 3.47. The molecule has 0 N–H and O–H groups in total. The lowest BCUT2D eigenvalue weighted by molar-refractivity contribution is 0.994. The first kappa shape index (κ1) is 3.48. The molecule has 0 bridgehead atoms. The molecule has 0 heterocycles. The molecule has 0 radical (unpaired) electrons. The summed E-state index contributed by atoms with van der Waals surface area (Å²) in [6, 6.07) is 0. The highest BCUT2D eigenvalue weighted by atomic mass is 14.6. The van der Waals surface area contributed by atoms with Gasteiger partial charge in [0.25, 0.3) is 0 Å². The topological polar surface area (TPSA) is 0 Å². The second-order valence-electron chi connectivity index (χ2n) is 2.58. The Kier molecular flexibility index (Phi) is 0.301. The van der Waals surface area contributed by atoms with Crippen molar-refractivity contribution in [3.8, 4) is 0 Å². The highest BCUT2D eigenvalue weighted by Crippen LogP contribution is 2.67. The molecule has 2 aliphatic carbocycles. The molecule has 1 unspecified atom stereocenters. The fourth-order valence-corrected chi connectivity index (χ4v) is 1.20. The summed E-state index contributed by atoms with van der Waals surface area (Å²) in [7, 11) is 0. The minimum absolute atomic E-state index is 0.514. The van der Waals surface area contributed by atoms with E-state index in [0.717, 1.165) is 0 Å². The van der Waals surface area contributed by atoms with Crippen LogP contribution in [0, 0.1) is 5.41 Å². The Morgan fingerprint density at radius 2 is 2.29 bits per heavy atom. The number of allylic oxidation sites excluding steroid dienone is 3. The molecule has 0 saturated heterocycles. The third-order valence-corrected chi connectivity index (χ3v) is 2.08. The number of hydrogen-bond acceptors (Lipinski definition) is 0. The summed E-state index contributed by atoms with van der Waals surface area (Å²) in [6.07, 6.45) is 3.55. The third-order valence-electron chi connectivity index (χ3n) is 2.08. The van der Waals surface area contributed by atoms with E-state index >= 15 is 0 Å². The van der Waals surface area contributed by atoms with E-state index in [4.69, 9.17) is 0 Å². The molecule has 0 heteroatoms. The molecule has 0 aromatic carbocycles. The van der Waals surface area contributed by atoms with E-state index in [0.29, 0.717) is 5.41 Å². The van der Waals surface area contributed by atoms with Crippen LogP contribution in [-0.2, 0) is 0 Å². The van der Waals surface area contributed by atoms with Gasteiger partial charge in [0.2, 0.25) is 0 Å². The van der Waals surface area contributed by atoms with E-state index in [2.05, 4.69) is 19.6 Å². The number of rotatable bonds is 0. The van der Waals surface area contributed by atoms with E-state index < -0.39 is 0 Å². The van der Waals surface area contributed by atoms with E-state index in [1.54, 1.807) is 0 Å². The van der Waals surface area contributed by atoms with Crippen molar-refractivity contribution in [3.63, 3.8) is 0 Å². The van der Waals surface area contributed by atoms with Crippen LogP contribution in [0.4, 0.5) is 0 Å². The first-order chi connectivity index (χ1) is 3.26. The van der Waals surface area contributed by atoms with E-state index in [9.17, 15) is 0 Å². The lowest BCUT2D eigenvalue weighted by Gasteiger charge is -1.76. The van der Waals surface area contributed by atoms with Crippen LogP contribution in [0.25, 0.3) is 0 Å². The Balaban J connectivity index is 2.30. The summed E-state index contributed by atoms with van der Waals surface area (Å²) >= 11 is 0. The van der Waals surface area contributed by atoms with Crippen molar-refractivity contribution < 1.29 is 0 Å². The van der Waals surface area contributed by atoms with Crippen molar-refractivity contribution in [3.05, 3.63) is 23.8 Å². The highest BCUT2D eigenvalue weighted by molar-refractivity contribution is 5.59. The van der Waals surface area contributed by atoms with Crippen LogP contribution in [0.1, 0.15) is 13.3 Å². The van der Waals surface area contributed by atoms with Crippen LogP contribution >= 0.6 is 0 Å². The summed E-state index contributed by atoms with van der Waals surface area (Å²) in [6.45, 7) is 6.06. The van der Waals surface area contributed by atoms with Crippen LogP contribution < -0.4 is 0 Å². The van der Waals surface area contributed by atoms with E-state index in [-0.39, 0.29) is 0 Å². The number of hydrogen-bond donors (Lipinski definition) is 0. The largest absolute Gasteiger partial charge is 0.0986 e. The van der Waals surface area contributed by atoms with Crippen LogP contribution in [0.2, 0.25) is 0 Å². The molecule has 36 valence electrons. The van der Waals surface area contributed by atoms with E-state index in [1.165, 1.54) is 17.6 Å². The Hall–Kier alpha value is -0.520. The predicted molar refractivity (Wildman–Crippen MR) is 29.9 cm³/mol. The van der Waals surface area contributed by atoms with Gasteiger partial charge in [0.05, 0.1) is 0 Å². The minimum Gasteiger partial charge on any atom is -0.0986 e. The fraction of sp³-hybridized carbons (Fsp3) is 0.429. The maximum atomic E-state index is 3.88. The smallest absolute Gasteiger partial charge is 0.0336 e. The molecule has 7 heavy (non-hydrogen) atoms. The molecule has 0 nitrogen and oxygen atoms in total. The van der Waals surface area contributed by atoms with Gasteiger partial charge in [-0.3, -0.25) is 0 Å². The first-order valence-corrected chi connectivity index (χ1v) is 2.64. The van der Waals surface area contributed by atoms with Gasteiger partial charge < -0.3 is 0 Å². The summed E-state index contributed by atoms with van der Waals surface area (Å²) in [5.74, 6) is 0. The van der Waals surface area contributed by atoms with Gasteiger partial charge in [0.15, 0.2) is 0 Å². The van der Waals surface area contributed by atoms with Crippen molar-refractivity contribution in [1.82, 2.24) is 0 Å². The van der Waals surface area contributed by atoms with Gasteiger partial charge in [-0.1, -0.05) is 23.8 Å². The monoisotopic (exact) mass is 92.1 g/mol. The average molecular weight is 92.1 g/mol. The summed E-state index contributed by atoms with van der Waals surface area (Å²) in [5, 5.41) is 0. The highest BCUT2D eigenvalue weighted by Gasteiger charge is 2.55. The predicted octanol–water partition coefficient (Wildman–Crippen LogP) is 1.89. The fourth-order valence-electron chi connectivity index (χ4n) is 1.20. The SMILES string of the molecule is C=C1CC12C=C2C. The van der Waals surface area contributed by atoms with Gasteiger partial charge in [-0.05, 0) is 13.3 Å². The zero-order valence-electron chi connectivity index (χ0n) is 4.49. The Morgan fingerprint density at radius 1 is 1.86 bits per heavy atom. The van der Waals surface area contributed by atoms with Crippen LogP contribution in [0.5, 0.6) is 0 Å². The minimum atomic E-state index is 0.514. The molecular formula is C7H8. The quantitative estimate of drug-likeness (QED) is 0.400. The second kappa shape index (κ2) is 0.605. The molecule has 1 spiro atoms. The van der Waals surface area contributed by atoms with Crippen LogP contribution in [-0.4, -0.2) is 0 Å². The molecule has 1 saturated carbocycles. The van der Waals surface area contributed by atoms with Crippen molar-refractivity contribution in [1.29, 1.82) is 0 Å². The Bertz CT molecular complexity index is 174. The van der Waals surface area contributed by atoms with Crippen LogP contribution in [0.15, 0.2) is 23.8 Å². The third kappa shape index (κ3) is 0.217. The van der Waals surface area contributed by atoms with Crippen LogP contribution in [0.3, 0.4) is 0 Å². The van der Waals surface area contributed by atoms with Gasteiger partial charge in [-0.2, -0.15) is 0 Å². The average Bonchev–Trinajstić information content (AvgIpc) is 2.28. The van der Waals surface area contributed by atoms with Gasteiger partial charge in [0.1, 0.15) is 0 Å². The molecule has 0 aromatic rings. The van der Waals surface area contributed by atoms with Gasteiger partial charge in [0, 0.05) is 5.41 Å². The Labute approximate surface area is 43.5 Å². The standard InChI is InChI=1S/C7H8/c1-5-3-7(5)4-6(7)2/h4H,1,3H2,2H3. The molecule has 0 amide bonds. The zero-order chi connectivity index (χ0) is 5.07. The Morgan fingerprint density at radius 3 is 2.29 bits per heavy atom. The van der Waals surface area contributed by atoms with Crippen molar-refractivity contribution >= 4 is 0 Å². The van der Waals surface area contributed by atoms with Gasteiger partial charge in [-0.25, -0.2) is 0 Å². The van der Waals surface area contributed by atoms with Gasteiger partial charge >= 0.3 is 0 Å². The summed E-state index contributed by atoms with van der Waals surface area (Å²) in [4.78, 5) is 0. The lowest BCUT2D eigenvalue weighted by atomic mass is 10.3. The molecule has 2 rings (SSSR count). The molecule has 0 aliphatic heterocycles. The normalized spacial score (nSPS) is 44.1.